The SMILES string of the molecule is CC1CCc2sc(C(=O)Nc3ccc(C(=O)NC(C)(C)C)cc3)cc2C1. The molecule has 0 fully saturated rings. The molecule has 4 nitrogen and oxygen atoms in total. The van der Waals surface area contributed by atoms with Crippen molar-refractivity contribution in [2.24, 2.45) is 5.92 Å². The Morgan fingerprint density at radius 2 is 1.81 bits per heavy atom. The van der Waals surface area contributed by atoms with E-state index < -0.39 is 0 Å². The number of hydrogen-bond acceptors (Lipinski definition) is 3. The van der Waals surface area contributed by atoms with Crippen molar-refractivity contribution in [1.82, 2.24) is 5.32 Å². The van der Waals surface area contributed by atoms with Crippen LogP contribution in [0.5, 0.6) is 0 Å². The van der Waals surface area contributed by atoms with Gasteiger partial charge in [0.15, 0.2) is 0 Å². The van der Waals surface area contributed by atoms with Crippen molar-refractivity contribution in [3.05, 3.63) is 51.2 Å². The number of thiophene rings is 1. The first-order valence-electron chi connectivity index (χ1n) is 9.07. The third kappa shape index (κ3) is 4.52. The van der Waals surface area contributed by atoms with E-state index in [0.717, 1.165) is 17.7 Å². The van der Waals surface area contributed by atoms with Crippen LogP contribution in [0.4, 0.5) is 5.69 Å². The Balaban J connectivity index is 1.66. The van der Waals surface area contributed by atoms with Crippen molar-refractivity contribution in [2.45, 2.75) is 52.5 Å². The number of carbonyl (C=O) groups is 2. The zero-order valence-electron chi connectivity index (χ0n) is 15.8. The molecule has 2 N–H and O–H groups in total. The summed E-state index contributed by atoms with van der Waals surface area (Å²) in [4.78, 5) is 26.8. The van der Waals surface area contributed by atoms with E-state index in [2.05, 4.69) is 17.6 Å². The highest BCUT2D eigenvalue weighted by atomic mass is 32.1. The van der Waals surface area contributed by atoms with Crippen molar-refractivity contribution in [3.63, 3.8) is 0 Å². The first-order valence-corrected chi connectivity index (χ1v) is 9.88. The highest BCUT2D eigenvalue weighted by molar-refractivity contribution is 7.14. The monoisotopic (exact) mass is 370 g/mol. The van der Waals surface area contributed by atoms with Crippen LogP contribution < -0.4 is 10.6 Å². The van der Waals surface area contributed by atoms with Gasteiger partial charge in [-0.3, -0.25) is 9.59 Å². The molecule has 5 heteroatoms. The molecular formula is C21H26N2O2S. The normalized spacial score (nSPS) is 16.7. The van der Waals surface area contributed by atoms with Crippen LogP contribution in [0.2, 0.25) is 0 Å². The average Bonchev–Trinajstić information content (AvgIpc) is 2.97. The summed E-state index contributed by atoms with van der Waals surface area (Å²) in [5.74, 6) is 0.499. The summed E-state index contributed by atoms with van der Waals surface area (Å²) in [5.41, 5.74) is 2.33. The fraction of sp³-hybridized carbons (Fsp3) is 0.429. The van der Waals surface area contributed by atoms with Crippen LogP contribution in [0, 0.1) is 5.92 Å². The maximum Gasteiger partial charge on any atom is 0.265 e. The zero-order chi connectivity index (χ0) is 18.9. The second-order valence-corrected chi connectivity index (χ2v) is 9.28. The van der Waals surface area contributed by atoms with Gasteiger partial charge in [-0.05, 0) is 81.8 Å². The lowest BCUT2D eigenvalue weighted by Gasteiger charge is -2.20. The van der Waals surface area contributed by atoms with Crippen LogP contribution in [0.25, 0.3) is 0 Å². The molecule has 1 aromatic heterocycles. The van der Waals surface area contributed by atoms with E-state index in [-0.39, 0.29) is 17.4 Å². The number of carbonyl (C=O) groups excluding carboxylic acids is 2. The standard InChI is InChI=1S/C21H26N2O2S/c1-13-5-10-17-15(11-13)12-18(26-17)20(25)22-16-8-6-14(7-9-16)19(24)23-21(2,3)4/h6-9,12-13H,5,10-11H2,1-4H3,(H,22,25)(H,23,24). The minimum absolute atomic E-state index is 0.0797. The second-order valence-electron chi connectivity index (χ2n) is 8.14. The quantitative estimate of drug-likeness (QED) is 0.826. The predicted molar refractivity (Wildman–Crippen MR) is 107 cm³/mol. The third-order valence-corrected chi connectivity index (χ3v) is 5.68. The predicted octanol–water partition coefficient (Wildman–Crippen LogP) is 4.65. The largest absolute Gasteiger partial charge is 0.347 e. The molecule has 1 aliphatic rings. The molecular weight excluding hydrogens is 344 g/mol. The summed E-state index contributed by atoms with van der Waals surface area (Å²) in [5, 5.41) is 5.86. The number of hydrogen-bond donors (Lipinski definition) is 2. The van der Waals surface area contributed by atoms with Crippen LogP contribution in [0.3, 0.4) is 0 Å². The molecule has 26 heavy (non-hydrogen) atoms. The molecule has 3 rings (SSSR count). The van der Waals surface area contributed by atoms with Gasteiger partial charge in [0.05, 0.1) is 4.88 Å². The number of rotatable bonds is 3. The van der Waals surface area contributed by atoms with Gasteiger partial charge in [0.1, 0.15) is 0 Å². The van der Waals surface area contributed by atoms with Gasteiger partial charge in [0, 0.05) is 21.7 Å². The molecule has 0 saturated carbocycles. The van der Waals surface area contributed by atoms with Crippen molar-refractivity contribution in [1.29, 1.82) is 0 Å². The third-order valence-electron chi connectivity index (χ3n) is 4.45. The smallest absolute Gasteiger partial charge is 0.265 e. The molecule has 1 atom stereocenters. The number of anilines is 1. The van der Waals surface area contributed by atoms with Crippen LogP contribution in [0.15, 0.2) is 30.3 Å². The molecule has 0 saturated heterocycles. The van der Waals surface area contributed by atoms with E-state index in [0.29, 0.717) is 17.2 Å². The number of amides is 2. The summed E-state index contributed by atoms with van der Waals surface area (Å²) in [6, 6.07) is 9.04. The Labute approximate surface area is 159 Å². The topological polar surface area (TPSA) is 58.2 Å². The molecule has 0 aliphatic heterocycles. The molecule has 1 aliphatic carbocycles. The van der Waals surface area contributed by atoms with Gasteiger partial charge in [-0.1, -0.05) is 6.92 Å². The van der Waals surface area contributed by atoms with Crippen LogP contribution in [0.1, 0.15) is 64.6 Å². The Bertz CT molecular complexity index is 816. The number of aryl methyl sites for hydroxylation is 1. The van der Waals surface area contributed by atoms with Gasteiger partial charge in [-0.2, -0.15) is 0 Å². The average molecular weight is 371 g/mol. The van der Waals surface area contributed by atoms with E-state index in [4.69, 9.17) is 0 Å². The second kappa shape index (κ2) is 7.23. The summed E-state index contributed by atoms with van der Waals surface area (Å²) < 4.78 is 0. The molecule has 2 amide bonds. The number of benzene rings is 1. The lowest BCUT2D eigenvalue weighted by molar-refractivity contribution is 0.0919. The zero-order valence-corrected chi connectivity index (χ0v) is 16.6. The van der Waals surface area contributed by atoms with Gasteiger partial charge in [0.25, 0.3) is 11.8 Å². The highest BCUT2D eigenvalue weighted by Crippen LogP contribution is 2.32. The van der Waals surface area contributed by atoms with Gasteiger partial charge >= 0.3 is 0 Å². The molecule has 138 valence electrons. The number of fused-ring (bicyclic) bond motifs is 1. The molecule has 0 bridgehead atoms. The van der Waals surface area contributed by atoms with Crippen molar-refractivity contribution in [3.8, 4) is 0 Å². The minimum Gasteiger partial charge on any atom is -0.347 e. The van der Waals surface area contributed by atoms with Crippen LogP contribution in [-0.4, -0.2) is 17.4 Å². The van der Waals surface area contributed by atoms with E-state index >= 15 is 0 Å². The molecule has 0 spiro atoms. The Hall–Kier alpha value is -2.14. The fourth-order valence-corrected chi connectivity index (χ4v) is 4.23. The number of nitrogens with one attached hydrogen (secondary N) is 2. The van der Waals surface area contributed by atoms with Crippen molar-refractivity contribution in [2.75, 3.05) is 5.32 Å². The summed E-state index contributed by atoms with van der Waals surface area (Å²) in [6.45, 7) is 8.10. The maximum atomic E-state index is 12.5. The van der Waals surface area contributed by atoms with E-state index in [1.54, 1.807) is 35.6 Å². The van der Waals surface area contributed by atoms with Crippen molar-refractivity contribution < 1.29 is 9.59 Å². The molecule has 2 aromatic rings. The highest BCUT2D eigenvalue weighted by Gasteiger charge is 2.21. The summed E-state index contributed by atoms with van der Waals surface area (Å²) in [6.07, 6.45) is 3.34. The van der Waals surface area contributed by atoms with Crippen LogP contribution in [-0.2, 0) is 12.8 Å². The summed E-state index contributed by atoms with van der Waals surface area (Å²) >= 11 is 1.60. The Morgan fingerprint density at radius 3 is 2.46 bits per heavy atom. The van der Waals surface area contributed by atoms with E-state index in [1.807, 2.05) is 26.8 Å². The maximum absolute atomic E-state index is 12.5. The first-order chi connectivity index (χ1) is 12.2. The van der Waals surface area contributed by atoms with E-state index in [9.17, 15) is 9.59 Å². The van der Waals surface area contributed by atoms with Gasteiger partial charge < -0.3 is 10.6 Å². The van der Waals surface area contributed by atoms with Gasteiger partial charge in [-0.15, -0.1) is 11.3 Å². The van der Waals surface area contributed by atoms with Gasteiger partial charge in [0.2, 0.25) is 0 Å². The minimum atomic E-state index is -0.278. The Kier molecular flexibility index (Phi) is 5.19. The summed E-state index contributed by atoms with van der Waals surface area (Å²) in [7, 11) is 0. The molecule has 0 radical (unpaired) electrons. The Morgan fingerprint density at radius 1 is 1.12 bits per heavy atom. The molecule has 1 heterocycles. The fourth-order valence-electron chi connectivity index (χ4n) is 3.13. The lowest BCUT2D eigenvalue weighted by Crippen LogP contribution is -2.40. The lowest BCUT2D eigenvalue weighted by atomic mass is 9.90. The molecule has 1 aromatic carbocycles. The van der Waals surface area contributed by atoms with Gasteiger partial charge in [-0.25, -0.2) is 0 Å². The van der Waals surface area contributed by atoms with Crippen LogP contribution >= 0.6 is 11.3 Å². The molecule has 1 unspecified atom stereocenters. The van der Waals surface area contributed by atoms with E-state index in [1.165, 1.54) is 16.9 Å². The van der Waals surface area contributed by atoms with Crippen molar-refractivity contribution >= 4 is 28.8 Å². The first kappa shape index (κ1) is 18.6.